The highest BCUT2D eigenvalue weighted by Gasteiger charge is 1.99. The lowest BCUT2D eigenvalue weighted by atomic mass is 10.1. The van der Waals surface area contributed by atoms with Crippen molar-refractivity contribution in [2.45, 2.75) is 26.7 Å². The first-order chi connectivity index (χ1) is 7.77. The Bertz CT molecular complexity index is 405. The number of unbranched alkanes of at least 4 members (excludes halogenated alkanes) is 1. The molecular formula is C13H16N2O. The van der Waals surface area contributed by atoms with Gasteiger partial charge in [0.05, 0.1) is 17.3 Å². The lowest BCUT2D eigenvalue weighted by Gasteiger charge is -2.02. The molecule has 0 spiro atoms. The molecule has 0 bridgehead atoms. The number of nitrogens with zero attached hydrogens (tertiary/aromatic N) is 2. The molecule has 0 N–H and O–H groups in total. The number of nitriles is 1. The Morgan fingerprint density at radius 1 is 1.50 bits per heavy atom. The summed E-state index contributed by atoms with van der Waals surface area (Å²) >= 11 is 0. The molecule has 0 fully saturated rings. The Morgan fingerprint density at radius 2 is 2.31 bits per heavy atom. The molecule has 0 aromatic heterocycles. The number of rotatable bonds is 5. The van der Waals surface area contributed by atoms with Crippen LogP contribution in [0.2, 0.25) is 0 Å². The second-order valence-corrected chi connectivity index (χ2v) is 3.56. The van der Waals surface area contributed by atoms with Crippen LogP contribution in [0.1, 0.15) is 37.8 Å². The second-order valence-electron chi connectivity index (χ2n) is 3.56. The van der Waals surface area contributed by atoms with Gasteiger partial charge in [0.2, 0.25) is 0 Å². The third kappa shape index (κ3) is 3.74. The summed E-state index contributed by atoms with van der Waals surface area (Å²) in [5, 5.41) is 12.8. The Kier molecular flexibility index (Phi) is 5.07. The van der Waals surface area contributed by atoms with Crippen LogP contribution in [0.5, 0.6) is 0 Å². The summed E-state index contributed by atoms with van der Waals surface area (Å²) < 4.78 is 0. The van der Waals surface area contributed by atoms with Gasteiger partial charge in [-0.2, -0.15) is 5.26 Å². The molecule has 16 heavy (non-hydrogen) atoms. The van der Waals surface area contributed by atoms with Crippen molar-refractivity contribution in [1.29, 1.82) is 5.26 Å². The van der Waals surface area contributed by atoms with Gasteiger partial charge in [0, 0.05) is 5.56 Å². The molecule has 1 aromatic rings. The molecule has 0 aliphatic rings. The lowest BCUT2D eigenvalue weighted by Crippen LogP contribution is -1.97. The fraction of sp³-hybridized carbons (Fsp3) is 0.385. The summed E-state index contributed by atoms with van der Waals surface area (Å²) in [7, 11) is 0. The Balaban J connectivity index is 2.65. The van der Waals surface area contributed by atoms with E-state index in [0.717, 1.165) is 24.1 Å². The van der Waals surface area contributed by atoms with Gasteiger partial charge in [0.15, 0.2) is 0 Å². The Morgan fingerprint density at radius 3 is 3.00 bits per heavy atom. The number of hydrogen-bond donors (Lipinski definition) is 0. The molecule has 0 unspecified atom stereocenters. The SMILES string of the molecule is CCCCO/N=C(\C)c1cccc(C#N)c1. The molecule has 0 aliphatic carbocycles. The van der Waals surface area contributed by atoms with Crippen molar-refractivity contribution in [3.63, 3.8) is 0 Å². The molecular weight excluding hydrogens is 200 g/mol. The van der Waals surface area contributed by atoms with Gasteiger partial charge in [-0.1, -0.05) is 30.6 Å². The second kappa shape index (κ2) is 6.62. The van der Waals surface area contributed by atoms with Crippen molar-refractivity contribution < 1.29 is 4.84 Å². The van der Waals surface area contributed by atoms with E-state index in [1.165, 1.54) is 0 Å². The predicted molar refractivity (Wildman–Crippen MR) is 64.2 cm³/mol. The summed E-state index contributed by atoms with van der Waals surface area (Å²) in [6.07, 6.45) is 2.10. The zero-order valence-electron chi connectivity index (χ0n) is 9.73. The minimum absolute atomic E-state index is 0.639. The van der Waals surface area contributed by atoms with E-state index in [0.29, 0.717) is 12.2 Å². The van der Waals surface area contributed by atoms with E-state index in [1.54, 1.807) is 6.07 Å². The van der Waals surface area contributed by atoms with Crippen LogP contribution < -0.4 is 0 Å². The standard InChI is InChI=1S/C13H16N2O/c1-3-4-8-16-15-11(2)13-7-5-6-12(9-13)10-14/h5-7,9H,3-4,8H2,1-2H3/b15-11+. The highest BCUT2D eigenvalue weighted by molar-refractivity contribution is 5.98. The quantitative estimate of drug-likeness (QED) is 0.431. The molecule has 0 amide bonds. The third-order valence-corrected chi connectivity index (χ3v) is 2.20. The normalized spacial score (nSPS) is 10.9. The first-order valence-electron chi connectivity index (χ1n) is 5.45. The zero-order valence-corrected chi connectivity index (χ0v) is 9.73. The molecule has 3 nitrogen and oxygen atoms in total. The van der Waals surface area contributed by atoms with E-state index in [2.05, 4.69) is 18.1 Å². The maximum absolute atomic E-state index is 8.77. The fourth-order valence-electron chi connectivity index (χ4n) is 1.22. The number of benzene rings is 1. The molecule has 1 rings (SSSR count). The molecule has 3 heteroatoms. The van der Waals surface area contributed by atoms with E-state index in [1.807, 2.05) is 25.1 Å². The van der Waals surface area contributed by atoms with Gasteiger partial charge in [-0.15, -0.1) is 0 Å². The van der Waals surface area contributed by atoms with Crippen molar-refractivity contribution in [3.8, 4) is 6.07 Å². The fourth-order valence-corrected chi connectivity index (χ4v) is 1.22. The Labute approximate surface area is 96.3 Å². The molecule has 0 aliphatic heterocycles. The van der Waals surface area contributed by atoms with Gasteiger partial charge in [0.25, 0.3) is 0 Å². The van der Waals surface area contributed by atoms with Gasteiger partial charge in [-0.3, -0.25) is 0 Å². The minimum Gasteiger partial charge on any atom is -0.396 e. The van der Waals surface area contributed by atoms with Crippen LogP contribution in [0.25, 0.3) is 0 Å². The van der Waals surface area contributed by atoms with E-state index in [-0.39, 0.29) is 0 Å². The molecule has 0 atom stereocenters. The number of hydrogen-bond acceptors (Lipinski definition) is 3. The van der Waals surface area contributed by atoms with Crippen molar-refractivity contribution in [2.24, 2.45) is 5.16 Å². The first kappa shape index (κ1) is 12.3. The van der Waals surface area contributed by atoms with Gasteiger partial charge in [-0.25, -0.2) is 0 Å². The molecule has 0 saturated heterocycles. The van der Waals surface area contributed by atoms with Crippen molar-refractivity contribution in [1.82, 2.24) is 0 Å². The average Bonchev–Trinajstić information content (AvgIpc) is 2.34. The maximum Gasteiger partial charge on any atom is 0.117 e. The van der Waals surface area contributed by atoms with Crippen LogP contribution in [0.4, 0.5) is 0 Å². The van der Waals surface area contributed by atoms with Gasteiger partial charge in [-0.05, 0) is 25.5 Å². The van der Waals surface area contributed by atoms with Crippen molar-refractivity contribution >= 4 is 5.71 Å². The highest BCUT2D eigenvalue weighted by atomic mass is 16.6. The monoisotopic (exact) mass is 216 g/mol. The predicted octanol–water partition coefficient (Wildman–Crippen LogP) is 3.10. The van der Waals surface area contributed by atoms with Gasteiger partial charge < -0.3 is 4.84 Å². The van der Waals surface area contributed by atoms with E-state index in [4.69, 9.17) is 10.1 Å². The van der Waals surface area contributed by atoms with Crippen LogP contribution in [0.3, 0.4) is 0 Å². The maximum atomic E-state index is 8.77. The van der Waals surface area contributed by atoms with Gasteiger partial charge >= 0.3 is 0 Å². The molecule has 0 heterocycles. The largest absolute Gasteiger partial charge is 0.396 e. The van der Waals surface area contributed by atoms with E-state index < -0.39 is 0 Å². The summed E-state index contributed by atoms with van der Waals surface area (Å²) in [5.74, 6) is 0. The summed E-state index contributed by atoms with van der Waals surface area (Å²) in [4.78, 5) is 5.17. The Hall–Kier alpha value is -1.82. The summed E-state index contributed by atoms with van der Waals surface area (Å²) in [6, 6.07) is 9.45. The van der Waals surface area contributed by atoms with Crippen molar-refractivity contribution in [3.05, 3.63) is 35.4 Å². The summed E-state index contributed by atoms with van der Waals surface area (Å²) in [5.41, 5.74) is 2.37. The van der Waals surface area contributed by atoms with Crippen LogP contribution in [0, 0.1) is 11.3 Å². The lowest BCUT2D eigenvalue weighted by molar-refractivity contribution is 0.141. The minimum atomic E-state index is 0.639. The average molecular weight is 216 g/mol. The van der Waals surface area contributed by atoms with Crippen LogP contribution in [-0.4, -0.2) is 12.3 Å². The third-order valence-electron chi connectivity index (χ3n) is 2.20. The summed E-state index contributed by atoms with van der Waals surface area (Å²) in [6.45, 7) is 4.63. The first-order valence-corrected chi connectivity index (χ1v) is 5.45. The van der Waals surface area contributed by atoms with Crippen molar-refractivity contribution in [2.75, 3.05) is 6.61 Å². The molecule has 0 radical (unpaired) electrons. The van der Waals surface area contributed by atoms with Crippen LogP contribution >= 0.6 is 0 Å². The number of oxime groups is 1. The zero-order chi connectivity index (χ0) is 11.8. The van der Waals surface area contributed by atoms with Crippen LogP contribution in [-0.2, 0) is 4.84 Å². The molecule has 1 aromatic carbocycles. The van der Waals surface area contributed by atoms with Gasteiger partial charge in [0.1, 0.15) is 6.61 Å². The highest BCUT2D eigenvalue weighted by Crippen LogP contribution is 2.06. The van der Waals surface area contributed by atoms with E-state index >= 15 is 0 Å². The topological polar surface area (TPSA) is 45.4 Å². The molecule has 84 valence electrons. The molecule has 0 saturated carbocycles. The van der Waals surface area contributed by atoms with Crippen LogP contribution in [0.15, 0.2) is 29.4 Å². The van der Waals surface area contributed by atoms with E-state index in [9.17, 15) is 0 Å². The smallest absolute Gasteiger partial charge is 0.117 e.